The van der Waals surface area contributed by atoms with Gasteiger partial charge < -0.3 is 35.1 Å². The van der Waals surface area contributed by atoms with E-state index in [1.54, 1.807) is 51.1 Å². The number of phenols is 1. The summed E-state index contributed by atoms with van der Waals surface area (Å²) < 4.78 is 5.19. The quantitative estimate of drug-likeness (QED) is 0.306. The number of amides is 3. The molecule has 0 spiro atoms. The summed E-state index contributed by atoms with van der Waals surface area (Å²) >= 11 is 0. The first-order valence-corrected chi connectivity index (χ1v) is 13.6. The number of pyridine rings is 1. The van der Waals surface area contributed by atoms with E-state index in [2.05, 4.69) is 21.7 Å². The Morgan fingerprint density at radius 3 is 2.62 bits per heavy atom. The van der Waals surface area contributed by atoms with E-state index in [0.29, 0.717) is 36.3 Å². The maximum absolute atomic E-state index is 13.1. The molecule has 1 aromatic carbocycles. The van der Waals surface area contributed by atoms with Gasteiger partial charge in [0.15, 0.2) is 11.6 Å². The molecular formula is C30H34N6O6. The number of nitrogens with zero attached hydrogens (tertiary/aromatic N) is 4. The summed E-state index contributed by atoms with van der Waals surface area (Å²) in [6, 6.07) is 13.5. The van der Waals surface area contributed by atoms with Crippen molar-refractivity contribution in [2.45, 2.75) is 39.2 Å². The van der Waals surface area contributed by atoms with Crippen LogP contribution < -0.4 is 15.5 Å². The van der Waals surface area contributed by atoms with E-state index in [1.165, 1.54) is 23.3 Å². The van der Waals surface area contributed by atoms with Gasteiger partial charge in [-0.05, 0) is 63.9 Å². The van der Waals surface area contributed by atoms with Crippen molar-refractivity contribution in [3.05, 3.63) is 60.1 Å². The minimum Gasteiger partial charge on any atom is -0.507 e. The zero-order valence-corrected chi connectivity index (χ0v) is 23.8. The van der Waals surface area contributed by atoms with E-state index in [4.69, 9.17) is 4.42 Å². The highest BCUT2D eigenvalue weighted by atomic mass is 16.4. The van der Waals surface area contributed by atoms with Gasteiger partial charge in [0, 0.05) is 37.3 Å². The van der Waals surface area contributed by atoms with Crippen LogP contribution in [-0.2, 0) is 4.79 Å². The third-order valence-electron chi connectivity index (χ3n) is 7.08. The molecule has 42 heavy (non-hydrogen) atoms. The Labute approximate surface area is 243 Å². The monoisotopic (exact) mass is 574 g/mol. The number of carbonyl (C=O) groups is 3. The number of furan rings is 1. The number of carboxylic acid groups (broad SMARTS) is 1. The summed E-state index contributed by atoms with van der Waals surface area (Å²) in [4.78, 5) is 45.3. The molecule has 1 aliphatic rings. The molecule has 4 N–H and O–H groups in total. The van der Waals surface area contributed by atoms with Crippen molar-refractivity contribution >= 4 is 29.4 Å². The molecule has 2 aromatic heterocycles. The van der Waals surface area contributed by atoms with Crippen LogP contribution in [-0.4, -0.2) is 69.7 Å². The van der Waals surface area contributed by atoms with Crippen LogP contribution in [0.1, 0.15) is 49.7 Å². The molecule has 1 fully saturated rings. The van der Waals surface area contributed by atoms with Crippen LogP contribution in [0, 0.1) is 17.2 Å². The lowest BCUT2D eigenvalue weighted by molar-refractivity contribution is -0.125. The minimum atomic E-state index is -1.06. The molecule has 12 heteroatoms. The number of phenolic OH excluding ortho intramolecular Hbond substituents is 1. The maximum atomic E-state index is 13.1. The van der Waals surface area contributed by atoms with Crippen molar-refractivity contribution in [1.29, 1.82) is 5.26 Å². The molecular weight excluding hydrogens is 540 g/mol. The van der Waals surface area contributed by atoms with Crippen LogP contribution >= 0.6 is 0 Å². The lowest BCUT2D eigenvalue weighted by Gasteiger charge is -2.35. The van der Waals surface area contributed by atoms with Gasteiger partial charge in [-0.3, -0.25) is 9.59 Å². The zero-order chi connectivity index (χ0) is 30.4. The Morgan fingerprint density at radius 2 is 1.98 bits per heavy atom. The van der Waals surface area contributed by atoms with Crippen LogP contribution in [0.15, 0.2) is 53.1 Å². The van der Waals surface area contributed by atoms with Gasteiger partial charge in [0.05, 0.1) is 23.6 Å². The Morgan fingerprint density at radius 1 is 1.21 bits per heavy atom. The van der Waals surface area contributed by atoms with Crippen LogP contribution in [0.4, 0.5) is 16.3 Å². The zero-order valence-electron chi connectivity index (χ0n) is 23.8. The fourth-order valence-corrected chi connectivity index (χ4v) is 4.95. The predicted octanol–water partition coefficient (Wildman–Crippen LogP) is 4.28. The number of piperidine rings is 1. The van der Waals surface area contributed by atoms with Crippen LogP contribution in [0.25, 0.3) is 11.3 Å². The molecule has 3 amide bonds. The Bertz CT molecular complexity index is 1490. The summed E-state index contributed by atoms with van der Waals surface area (Å²) in [6.45, 7) is 6.52. The number of nitrogens with one attached hydrogen (secondary N) is 2. The second-order valence-corrected chi connectivity index (χ2v) is 11.0. The second-order valence-electron chi connectivity index (χ2n) is 11.0. The Balaban J connectivity index is 1.60. The minimum absolute atomic E-state index is 0.00262. The third kappa shape index (κ3) is 6.80. The average molecular weight is 575 g/mol. The van der Waals surface area contributed by atoms with Gasteiger partial charge in [0.2, 0.25) is 5.91 Å². The topological polar surface area (TPSA) is 172 Å². The van der Waals surface area contributed by atoms with E-state index in [1.807, 2.05) is 4.90 Å². The van der Waals surface area contributed by atoms with Crippen molar-refractivity contribution in [2.24, 2.45) is 5.92 Å². The van der Waals surface area contributed by atoms with Gasteiger partial charge in [0.1, 0.15) is 17.4 Å². The molecule has 1 unspecified atom stereocenters. The molecule has 220 valence electrons. The molecule has 0 bridgehead atoms. The summed E-state index contributed by atoms with van der Waals surface area (Å²) in [7, 11) is 0. The standard InChI is InChI=1S/C30H34N6O6/c1-30(2,3)36(29(40)41)14-12-32-27(38)19-8-6-13-35(18-19)23-16-22(20-9-4-5-10-24(20)37)33-26(21(23)17-31)34-28(39)25-11-7-15-42-25/h4-5,7,9-11,15-16,19,37H,6,8,12-14,18H2,1-3H3,(H,32,38)(H,40,41)(H,33,34,39). The number of aromatic nitrogens is 1. The van der Waals surface area contributed by atoms with E-state index in [0.717, 1.165) is 0 Å². The fourth-order valence-electron chi connectivity index (χ4n) is 4.95. The largest absolute Gasteiger partial charge is 0.507 e. The van der Waals surface area contributed by atoms with Crippen molar-refractivity contribution in [1.82, 2.24) is 15.2 Å². The smallest absolute Gasteiger partial charge is 0.407 e. The molecule has 0 saturated carbocycles. The van der Waals surface area contributed by atoms with Gasteiger partial charge in [-0.25, -0.2) is 9.78 Å². The van der Waals surface area contributed by atoms with Crippen molar-refractivity contribution in [2.75, 3.05) is 36.4 Å². The summed E-state index contributed by atoms with van der Waals surface area (Å²) in [5, 5.41) is 35.7. The second kappa shape index (κ2) is 12.6. The van der Waals surface area contributed by atoms with Crippen molar-refractivity contribution < 1.29 is 29.0 Å². The number of para-hydroxylation sites is 1. The van der Waals surface area contributed by atoms with Gasteiger partial charge >= 0.3 is 6.09 Å². The van der Waals surface area contributed by atoms with E-state index in [9.17, 15) is 29.9 Å². The third-order valence-corrected chi connectivity index (χ3v) is 7.08. The van der Waals surface area contributed by atoms with Gasteiger partial charge in [-0.2, -0.15) is 5.26 Å². The maximum Gasteiger partial charge on any atom is 0.407 e. The molecule has 1 saturated heterocycles. The van der Waals surface area contributed by atoms with Crippen LogP contribution in [0.3, 0.4) is 0 Å². The normalized spacial score (nSPS) is 15.0. The molecule has 4 rings (SSSR count). The summed E-state index contributed by atoms with van der Waals surface area (Å²) in [5.41, 5.74) is 0.701. The average Bonchev–Trinajstić information content (AvgIpc) is 3.50. The van der Waals surface area contributed by atoms with Gasteiger partial charge in [0.25, 0.3) is 5.91 Å². The number of rotatable bonds is 8. The molecule has 1 aliphatic heterocycles. The molecule has 1 atom stereocenters. The van der Waals surface area contributed by atoms with Crippen LogP contribution in [0.2, 0.25) is 0 Å². The highest BCUT2D eigenvalue weighted by molar-refractivity contribution is 6.03. The molecule has 3 heterocycles. The highest BCUT2D eigenvalue weighted by Gasteiger charge is 2.30. The van der Waals surface area contributed by atoms with Gasteiger partial charge in [-0.1, -0.05) is 12.1 Å². The Kier molecular flexibility index (Phi) is 9.00. The van der Waals surface area contributed by atoms with Crippen molar-refractivity contribution in [3.8, 4) is 23.1 Å². The molecule has 0 radical (unpaired) electrons. The van der Waals surface area contributed by atoms with Gasteiger partial charge in [-0.15, -0.1) is 0 Å². The van der Waals surface area contributed by atoms with E-state index < -0.39 is 23.5 Å². The van der Waals surface area contributed by atoms with E-state index >= 15 is 0 Å². The number of carbonyl (C=O) groups excluding carboxylic acids is 2. The first-order valence-electron chi connectivity index (χ1n) is 13.6. The number of hydrogen-bond acceptors (Lipinski definition) is 8. The first kappa shape index (κ1) is 29.9. The highest BCUT2D eigenvalue weighted by Crippen LogP contribution is 2.36. The summed E-state index contributed by atoms with van der Waals surface area (Å²) in [5.74, 6) is -1.20. The number of hydrogen-bond donors (Lipinski definition) is 4. The van der Waals surface area contributed by atoms with Crippen LogP contribution in [0.5, 0.6) is 5.75 Å². The lowest BCUT2D eigenvalue weighted by atomic mass is 9.95. The Hall–Kier alpha value is -5.05. The SMILES string of the molecule is CC(C)(C)N(CCNC(=O)C1CCCN(c2cc(-c3ccccc3O)nc(NC(=O)c3ccco3)c2C#N)C1)C(=O)O. The lowest BCUT2D eigenvalue weighted by Crippen LogP contribution is -2.49. The predicted molar refractivity (Wildman–Crippen MR) is 155 cm³/mol. The summed E-state index contributed by atoms with van der Waals surface area (Å²) in [6.07, 6.45) is 1.58. The van der Waals surface area contributed by atoms with Crippen molar-refractivity contribution in [3.63, 3.8) is 0 Å². The first-order chi connectivity index (χ1) is 20.0. The fraction of sp³-hybridized carbons (Fsp3) is 0.367. The molecule has 0 aliphatic carbocycles. The number of nitriles is 1. The number of anilines is 2. The van der Waals surface area contributed by atoms with E-state index in [-0.39, 0.29) is 48.4 Å². The molecule has 12 nitrogen and oxygen atoms in total. The number of aromatic hydroxyl groups is 1. The molecule has 3 aromatic rings. The number of benzene rings is 1.